The van der Waals surface area contributed by atoms with E-state index in [0.29, 0.717) is 28.5 Å². The summed E-state index contributed by atoms with van der Waals surface area (Å²) in [7, 11) is 0. The monoisotopic (exact) mass is 477 g/mol. The zero-order valence-corrected chi connectivity index (χ0v) is 20.9. The highest BCUT2D eigenvalue weighted by molar-refractivity contribution is 5.94. The van der Waals surface area contributed by atoms with Crippen LogP contribution in [-0.4, -0.2) is 38.0 Å². The molecule has 0 saturated carbocycles. The van der Waals surface area contributed by atoms with E-state index in [1.165, 1.54) is 4.90 Å². The fourth-order valence-electron chi connectivity index (χ4n) is 2.86. The number of amides is 2. The molecule has 3 rings (SSSR count). The van der Waals surface area contributed by atoms with Crippen LogP contribution in [0.1, 0.15) is 47.4 Å². The number of benzene rings is 2. The van der Waals surface area contributed by atoms with Crippen molar-refractivity contribution in [3.8, 4) is 11.4 Å². The number of hydrogen-bond donors (Lipinski definition) is 2. The molecule has 3 aromatic rings. The number of nitrogens with zero attached hydrogens (tertiary/aromatic N) is 5. The number of nitrogens with two attached hydrogens (primary N) is 1. The summed E-state index contributed by atoms with van der Waals surface area (Å²) in [6, 6.07) is 14.0. The van der Waals surface area contributed by atoms with Gasteiger partial charge in [-0.3, -0.25) is 9.69 Å². The molecule has 0 bridgehead atoms. The number of nitrogens with one attached hydrogen (secondary N) is 1. The van der Waals surface area contributed by atoms with Crippen LogP contribution in [0.5, 0.6) is 0 Å². The van der Waals surface area contributed by atoms with Gasteiger partial charge in [-0.2, -0.15) is 0 Å². The Morgan fingerprint density at radius 1 is 0.943 bits per heavy atom. The molecule has 1 heterocycles. The Balaban J connectivity index is 1.77. The topological polar surface area (TPSA) is 136 Å². The molecule has 184 valence electrons. The highest BCUT2D eigenvalue weighted by Crippen LogP contribution is 2.23. The van der Waals surface area contributed by atoms with Crippen LogP contribution in [0.15, 0.2) is 48.5 Å². The number of rotatable bonds is 5. The maximum atomic E-state index is 12.9. The lowest BCUT2D eigenvalue weighted by atomic mass is 9.95. The number of nitrogen functional groups attached to an aromatic ring is 1. The fraction of sp³-hybridized carbons (Fsp3) is 0.360. The SMILES string of the molecule is CC(C)(C)OC(=O)N(Cc1nnc(-c2ccc(NC(=O)C(C)(C)C)cc2)nn1)c1cccc(N)c1. The lowest BCUT2D eigenvalue weighted by Crippen LogP contribution is -2.37. The van der Waals surface area contributed by atoms with E-state index in [4.69, 9.17) is 10.5 Å². The third-order valence-corrected chi connectivity index (χ3v) is 4.70. The Labute approximate surface area is 204 Å². The Morgan fingerprint density at radius 3 is 2.11 bits per heavy atom. The van der Waals surface area contributed by atoms with Crippen LogP contribution in [0.25, 0.3) is 11.4 Å². The second-order valence-electron chi connectivity index (χ2n) is 10.1. The maximum Gasteiger partial charge on any atom is 0.415 e. The van der Waals surface area contributed by atoms with Gasteiger partial charge in [0, 0.05) is 28.0 Å². The minimum Gasteiger partial charge on any atom is -0.443 e. The first kappa shape index (κ1) is 25.5. The van der Waals surface area contributed by atoms with Gasteiger partial charge in [-0.15, -0.1) is 20.4 Å². The van der Waals surface area contributed by atoms with Gasteiger partial charge in [-0.25, -0.2) is 4.79 Å². The van der Waals surface area contributed by atoms with Gasteiger partial charge in [0.2, 0.25) is 11.7 Å². The van der Waals surface area contributed by atoms with E-state index in [1.807, 2.05) is 20.8 Å². The van der Waals surface area contributed by atoms with Gasteiger partial charge >= 0.3 is 6.09 Å². The van der Waals surface area contributed by atoms with Crippen LogP contribution >= 0.6 is 0 Å². The summed E-state index contributed by atoms with van der Waals surface area (Å²) in [4.78, 5) is 26.4. The molecule has 0 fully saturated rings. The second kappa shape index (κ2) is 10.0. The lowest BCUT2D eigenvalue weighted by molar-refractivity contribution is -0.123. The number of carbonyl (C=O) groups is 2. The second-order valence-corrected chi connectivity index (χ2v) is 10.1. The van der Waals surface area contributed by atoms with Gasteiger partial charge in [0.1, 0.15) is 5.60 Å². The van der Waals surface area contributed by atoms with E-state index in [2.05, 4.69) is 25.7 Å². The Kier molecular flexibility index (Phi) is 7.33. The number of hydrogen-bond acceptors (Lipinski definition) is 8. The van der Waals surface area contributed by atoms with Gasteiger partial charge in [-0.05, 0) is 63.2 Å². The molecule has 0 aliphatic carbocycles. The fourth-order valence-corrected chi connectivity index (χ4v) is 2.86. The van der Waals surface area contributed by atoms with Crippen molar-refractivity contribution in [2.45, 2.75) is 53.7 Å². The normalized spacial score (nSPS) is 11.6. The molecule has 35 heavy (non-hydrogen) atoms. The number of aromatic nitrogens is 4. The third-order valence-electron chi connectivity index (χ3n) is 4.70. The Morgan fingerprint density at radius 2 is 1.57 bits per heavy atom. The molecular formula is C25H31N7O3. The van der Waals surface area contributed by atoms with E-state index in [9.17, 15) is 9.59 Å². The molecule has 0 unspecified atom stereocenters. The first-order valence-corrected chi connectivity index (χ1v) is 11.2. The highest BCUT2D eigenvalue weighted by atomic mass is 16.6. The minimum atomic E-state index is -0.685. The van der Waals surface area contributed by atoms with E-state index in [0.717, 1.165) is 0 Å². The first-order chi connectivity index (χ1) is 16.3. The molecular weight excluding hydrogens is 446 g/mol. The standard InChI is InChI=1S/C25H31N7O3/c1-24(2,3)22(33)27-18-12-10-16(11-13-18)21-30-28-20(29-31-21)15-32(23(34)35-25(4,5)6)19-9-7-8-17(26)14-19/h7-14H,15,26H2,1-6H3,(H,27,33). The third kappa shape index (κ3) is 7.20. The molecule has 1 aromatic heterocycles. The van der Waals surface area contributed by atoms with Gasteiger partial charge in [0.05, 0.1) is 6.54 Å². The van der Waals surface area contributed by atoms with Crippen LogP contribution in [0.3, 0.4) is 0 Å². The summed E-state index contributed by atoms with van der Waals surface area (Å²) in [5, 5.41) is 19.5. The van der Waals surface area contributed by atoms with E-state index < -0.39 is 17.1 Å². The summed E-state index contributed by atoms with van der Waals surface area (Å²) in [6.45, 7) is 10.9. The quantitative estimate of drug-likeness (QED) is 0.515. The molecule has 10 heteroatoms. The van der Waals surface area contributed by atoms with Crippen LogP contribution < -0.4 is 16.0 Å². The average Bonchev–Trinajstić information content (AvgIpc) is 2.76. The summed E-state index contributed by atoms with van der Waals surface area (Å²) >= 11 is 0. The van der Waals surface area contributed by atoms with E-state index in [-0.39, 0.29) is 18.3 Å². The van der Waals surface area contributed by atoms with Crippen molar-refractivity contribution >= 4 is 29.1 Å². The highest BCUT2D eigenvalue weighted by Gasteiger charge is 2.25. The van der Waals surface area contributed by atoms with Crippen LogP contribution in [-0.2, 0) is 16.1 Å². The molecule has 10 nitrogen and oxygen atoms in total. The van der Waals surface area contributed by atoms with Crippen molar-refractivity contribution in [3.05, 3.63) is 54.4 Å². The van der Waals surface area contributed by atoms with Crippen LogP contribution in [0, 0.1) is 5.41 Å². The number of ether oxygens (including phenoxy) is 1. The van der Waals surface area contributed by atoms with Crippen molar-refractivity contribution in [3.63, 3.8) is 0 Å². The number of carbonyl (C=O) groups excluding carboxylic acids is 2. The zero-order chi connectivity index (χ0) is 25.8. The van der Waals surface area contributed by atoms with Crippen molar-refractivity contribution < 1.29 is 14.3 Å². The molecule has 2 amide bonds. The van der Waals surface area contributed by atoms with Gasteiger partial charge < -0.3 is 15.8 Å². The summed E-state index contributed by atoms with van der Waals surface area (Å²) in [6.07, 6.45) is -0.566. The minimum absolute atomic E-state index is 0.00355. The molecule has 0 spiro atoms. The molecule has 2 aromatic carbocycles. The van der Waals surface area contributed by atoms with Gasteiger partial charge in [0.25, 0.3) is 0 Å². The number of anilines is 3. The molecule has 0 aliphatic rings. The van der Waals surface area contributed by atoms with Crippen molar-refractivity contribution in [1.82, 2.24) is 20.4 Å². The predicted molar refractivity (Wildman–Crippen MR) is 134 cm³/mol. The first-order valence-electron chi connectivity index (χ1n) is 11.2. The van der Waals surface area contributed by atoms with E-state index >= 15 is 0 Å². The summed E-state index contributed by atoms with van der Waals surface area (Å²) < 4.78 is 5.54. The summed E-state index contributed by atoms with van der Waals surface area (Å²) in [5.41, 5.74) is 7.12. The smallest absolute Gasteiger partial charge is 0.415 e. The van der Waals surface area contributed by atoms with Gasteiger partial charge in [-0.1, -0.05) is 26.8 Å². The molecule has 0 saturated heterocycles. The average molecular weight is 478 g/mol. The van der Waals surface area contributed by atoms with Crippen LogP contribution in [0.2, 0.25) is 0 Å². The lowest BCUT2D eigenvalue weighted by Gasteiger charge is -2.27. The van der Waals surface area contributed by atoms with Crippen molar-refractivity contribution in [1.29, 1.82) is 0 Å². The summed E-state index contributed by atoms with van der Waals surface area (Å²) in [5.74, 6) is 0.468. The predicted octanol–water partition coefficient (Wildman–Crippen LogP) is 4.44. The van der Waals surface area contributed by atoms with Crippen LogP contribution in [0.4, 0.5) is 21.9 Å². The maximum absolute atomic E-state index is 12.9. The largest absolute Gasteiger partial charge is 0.443 e. The molecule has 0 atom stereocenters. The van der Waals surface area contributed by atoms with Crippen molar-refractivity contribution in [2.24, 2.45) is 5.41 Å². The van der Waals surface area contributed by atoms with Crippen molar-refractivity contribution in [2.75, 3.05) is 16.0 Å². The molecule has 0 radical (unpaired) electrons. The zero-order valence-electron chi connectivity index (χ0n) is 20.9. The van der Waals surface area contributed by atoms with E-state index in [1.54, 1.807) is 69.3 Å². The molecule has 3 N–H and O–H groups in total. The van der Waals surface area contributed by atoms with Gasteiger partial charge in [0.15, 0.2) is 5.82 Å². The Hall–Kier alpha value is -4.08. The Bertz CT molecular complexity index is 1180. The molecule has 0 aliphatic heterocycles.